The number of hydrogen-bond acceptors (Lipinski definition) is 3. The van der Waals surface area contributed by atoms with Crippen LogP contribution in [0, 0.1) is 10.1 Å². The molecule has 2 aromatic carbocycles. The predicted octanol–water partition coefficient (Wildman–Crippen LogP) is 4.48. The van der Waals surface area contributed by atoms with Gasteiger partial charge >= 0.3 is 0 Å². The molecule has 0 fully saturated rings. The zero-order chi connectivity index (χ0) is 13.0. The minimum atomic E-state index is -0.410. The van der Waals surface area contributed by atoms with Gasteiger partial charge in [-0.25, -0.2) is 0 Å². The fourth-order valence-electron chi connectivity index (χ4n) is 1.50. The van der Waals surface area contributed by atoms with E-state index in [-0.39, 0.29) is 11.6 Å². The molecule has 0 saturated heterocycles. The molecular formula is C13H10ClNO2S. The highest BCUT2D eigenvalue weighted by Crippen LogP contribution is 2.33. The number of alkyl halides is 1. The summed E-state index contributed by atoms with van der Waals surface area (Å²) in [5.74, 6) is 0.261. The van der Waals surface area contributed by atoms with Crippen molar-refractivity contribution in [1.29, 1.82) is 0 Å². The standard InChI is InChI=1S/C13H10ClNO2S/c14-9-10-8-11(15(16)17)6-7-13(10)18-12-4-2-1-3-5-12/h1-8H,9H2. The lowest BCUT2D eigenvalue weighted by Gasteiger charge is -2.06. The van der Waals surface area contributed by atoms with E-state index in [1.807, 2.05) is 30.3 Å². The molecule has 2 aromatic rings. The molecule has 0 atom stereocenters. The van der Waals surface area contributed by atoms with Crippen LogP contribution in [-0.2, 0) is 5.88 Å². The summed E-state index contributed by atoms with van der Waals surface area (Å²) in [5, 5.41) is 10.7. The molecule has 0 amide bonds. The van der Waals surface area contributed by atoms with Crippen LogP contribution < -0.4 is 0 Å². The van der Waals surface area contributed by atoms with Gasteiger partial charge in [-0.2, -0.15) is 0 Å². The molecule has 0 aromatic heterocycles. The molecule has 18 heavy (non-hydrogen) atoms. The van der Waals surface area contributed by atoms with Crippen LogP contribution in [0.25, 0.3) is 0 Å². The Labute approximate surface area is 114 Å². The Balaban J connectivity index is 2.31. The Morgan fingerprint density at radius 1 is 1.17 bits per heavy atom. The first-order valence-electron chi connectivity index (χ1n) is 5.27. The Morgan fingerprint density at radius 2 is 1.89 bits per heavy atom. The van der Waals surface area contributed by atoms with Crippen molar-refractivity contribution in [1.82, 2.24) is 0 Å². The number of nitro groups is 1. The summed E-state index contributed by atoms with van der Waals surface area (Å²) in [6.45, 7) is 0. The third-order valence-corrected chi connectivity index (χ3v) is 3.78. The van der Waals surface area contributed by atoms with Gasteiger partial charge in [-0.05, 0) is 23.8 Å². The lowest BCUT2D eigenvalue weighted by atomic mass is 10.2. The maximum Gasteiger partial charge on any atom is 0.269 e. The number of non-ortho nitro benzene ring substituents is 1. The van der Waals surface area contributed by atoms with Gasteiger partial charge in [0.05, 0.1) is 4.92 Å². The van der Waals surface area contributed by atoms with E-state index < -0.39 is 4.92 Å². The molecule has 92 valence electrons. The number of halogens is 1. The highest BCUT2D eigenvalue weighted by Gasteiger charge is 2.10. The Kier molecular flexibility index (Phi) is 4.23. The van der Waals surface area contributed by atoms with Crippen LogP contribution in [0.2, 0.25) is 0 Å². The fourth-order valence-corrected chi connectivity index (χ4v) is 2.74. The zero-order valence-corrected chi connectivity index (χ0v) is 10.9. The van der Waals surface area contributed by atoms with Crippen LogP contribution in [0.15, 0.2) is 58.3 Å². The Hall–Kier alpha value is -1.52. The normalized spacial score (nSPS) is 10.3. The molecule has 5 heteroatoms. The molecular weight excluding hydrogens is 270 g/mol. The van der Waals surface area contributed by atoms with Crippen LogP contribution in [0.4, 0.5) is 5.69 Å². The lowest BCUT2D eigenvalue weighted by molar-refractivity contribution is -0.385. The molecule has 0 spiro atoms. The molecule has 0 saturated carbocycles. The average molecular weight is 280 g/mol. The second kappa shape index (κ2) is 5.89. The van der Waals surface area contributed by atoms with Gasteiger partial charge in [0.1, 0.15) is 0 Å². The highest BCUT2D eigenvalue weighted by molar-refractivity contribution is 7.99. The number of rotatable bonds is 4. The van der Waals surface area contributed by atoms with Crippen molar-refractivity contribution in [2.45, 2.75) is 15.7 Å². The van der Waals surface area contributed by atoms with Crippen molar-refractivity contribution in [2.24, 2.45) is 0 Å². The zero-order valence-electron chi connectivity index (χ0n) is 9.38. The summed E-state index contributed by atoms with van der Waals surface area (Å²) in [5.41, 5.74) is 0.850. The summed E-state index contributed by atoms with van der Waals surface area (Å²) in [4.78, 5) is 12.3. The van der Waals surface area contributed by atoms with Crippen LogP contribution in [0.1, 0.15) is 5.56 Å². The van der Waals surface area contributed by atoms with Crippen LogP contribution in [0.3, 0.4) is 0 Å². The molecule has 3 nitrogen and oxygen atoms in total. The SMILES string of the molecule is O=[N+]([O-])c1ccc(Sc2ccccc2)c(CCl)c1. The van der Waals surface area contributed by atoms with Gasteiger partial charge in [-0.1, -0.05) is 30.0 Å². The van der Waals surface area contributed by atoms with Crippen molar-refractivity contribution >= 4 is 29.1 Å². The van der Waals surface area contributed by atoms with E-state index in [1.165, 1.54) is 12.1 Å². The van der Waals surface area contributed by atoms with Crippen molar-refractivity contribution in [3.63, 3.8) is 0 Å². The number of nitrogens with zero attached hydrogens (tertiary/aromatic N) is 1. The summed E-state index contributed by atoms with van der Waals surface area (Å²) in [6.07, 6.45) is 0. The van der Waals surface area contributed by atoms with Gasteiger partial charge in [0.2, 0.25) is 0 Å². The molecule has 0 aliphatic carbocycles. The first-order valence-corrected chi connectivity index (χ1v) is 6.62. The molecule has 0 aliphatic heterocycles. The third kappa shape index (κ3) is 3.03. The van der Waals surface area contributed by atoms with Gasteiger partial charge in [0, 0.05) is 27.8 Å². The quantitative estimate of drug-likeness (QED) is 0.471. The largest absolute Gasteiger partial charge is 0.269 e. The van der Waals surface area contributed by atoms with E-state index in [2.05, 4.69) is 0 Å². The molecule has 0 heterocycles. The third-order valence-electron chi connectivity index (χ3n) is 2.37. The maximum absolute atomic E-state index is 10.7. The molecule has 0 bridgehead atoms. The molecule has 0 N–H and O–H groups in total. The number of nitro benzene ring substituents is 1. The number of hydrogen-bond donors (Lipinski definition) is 0. The number of benzene rings is 2. The molecule has 0 unspecified atom stereocenters. The summed E-state index contributed by atoms with van der Waals surface area (Å²) in [7, 11) is 0. The van der Waals surface area contributed by atoms with Gasteiger partial charge in [0.25, 0.3) is 5.69 Å². The van der Waals surface area contributed by atoms with E-state index >= 15 is 0 Å². The van der Waals surface area contributed by atoms with Crippen molar-refractivity contribution in [3.8, 4) is 0 Å². The maximum atomic E-state index is 10.7. The first-order chi connectivity index (χ1) is 8.70. The average Bonchev–Trinajstić information content (AvgIpc) is 2.40. The van der Waals surface area contributed by atoms with Gasteiger partial charge in [0.15, 0.2) is 0 Å². The molecule has 0 aliphatic rings. The smallest absolute Gasteiger partial charge is 0.258 e. The van der Waals surface area contributed by atoms with Crippen LogP contribution >= 0.6 is 23.4 Å². The topological polar surface area (TPSA) is 43.1 Å². The van der Waals surface area contributed by atoms with Crippen molar-refractivity contribution in [3.05, 3.63) is 64.2 Å². The van der Waals surface area contributed by atoms with E-state index in [1.54, 1.807) is 17.8 Å². The lowest BCUT2D eigenvalue weighted by Crippen LogP contribution is -1.91. The second-order valence-electron chi connectivity index (χ2n) is 3.60. The summed E-state index contributed by atoms with van der Waals surface area (Å²) < 4.78 is 0. The van der Waals surface area contributed by atoms with Gasteiger partial charge < -0.3 is 0 Å². The minimum absolute atomic E-state index is 0.0723. The van der Waals surface area contributed by atoms with Crippen molar-refractivity contribution < 1.29 is 4.92 Å². The summed E-state index contributed by atoms with van der Waals surface area (Å²) >= 11 is 7.39. The van der Waals surface area contributed by atoms with E-state index in [0.29, 0.717) is 0 Å². The Bertz CT molecular complexity index is 560. The van der Waals surface area contributed by atoms with E-state index in [9.17, 15) is 10.1 Å². The van der Waals surface area contributed by atoms with Crippen LogP contribution in [-0.4, -0.2) is 4.92 Å². The highest BCUT2D eigenvalue weighted by atomic mass is 35.5. The first kappa shape index (κ1) is 12.9. The molecule has 2 rings (SSSR count). The minimum Gasteiger partial charge on any atom is -0.258 e. The van der Waals surface area contributed by atoms with Gasteiger partial charge in [-0.3, -0.25) is 10.1 Å². The second-order valence-corrected chi connectivity index (χ2v) is 4.98. The van der Waals surface area contributed by atoms with Crippen LogP contribution in [0.5, 0.6) is 0 Å². The van der Waals surface area contributed by atoms with E-state index in [4.69, 9.17) is 11.6 Å². The van der Waals surface area contributed by atoms with Gasteiger partial charge in [-0.15, -0.1) is 11.6 Å². The summed E-state index contributed by atoms with van der Waals surface area (Å²) in [6, 6.07) is 14.6. The predicted molar refractivity (Wildman–Crippen MR) is 73.2 cm³/mol. The van der Waals surface area contributed by atoms with E-state index in [0.717, 1.165) is 15.4 Å². The fraction of sp³-hybridized carbons (Fsp3) is 0.0769. The monoisotopic (exact) mass is 279 g/mol. The Morgan fingerprint density at radius 3 is 2.50 bits per heavy atom. The van der Waals surface area contributed by atoms with Crippen molar-refractivity contribution in [2.75, 3.05) is 0 Å². The molecule has 0 radical (unpaired) electrons.